The number of rotatable bonds is 2. The number of esters is 1. The Morgan fingerprint density at radius 2 is 1.25 bits per heavy atom. The molecular formula is C10H24O6. The quantitative estimate of drug-likeness (QED) is 0.674. The maximum Gasteiger partial charge on any atom is 0.308 e. The number of hydrogen-bond acceptors (Lipinski definition) is 4. The highest BCUT2D eigenvalue weighted by molar-refractivity contribution is 5.71. The number of hydrogen-bond donors (Lipinski definition) is 2. The van der Waals surface area contributed by atoms with Crippen molar-refractivity contribution in [3.8, 4) is 0 Å². The molecule has 4 N–H and O–H groups in total. The molecule has 0 aromatic rings. The summed E-state index contributed by atoms with van der Waals surface area (Å²) in [6.45, 7) is 6.88. The van der Waals surface area contributed by atoms with Gasteiger partial charge < -0.3 is 20.4 Å². The van der Waals surface area contributed by atoms with Crippen LogP contribution < -0.4 is 0 Å². The van der Waals surface area contributed by atoms with E-state index in [1.165, 1.54) is 7.11 Å². The molecule has 0 aromatic heterocycles. The van der Waals surface area contributed by atoms with Crippen molar-refractivity contribution < 1.29 is 30.0 Å². The van der Waals surface area contributed by atoms with Crippen LogP contribution in [-0.4, -0.2) is 41.8 Å². The van der Waals surface area contributed by atoms with Gasteiger partial charge in [0.05, 0.1) is 18.9 Å². The van der Waals surface area contributed by atoms with Crippen LogP contribution in [0.3, 0.4) is 0 Å². The summed E-state index contributed by atoms with van der Waals surface area (Å²) in [4.78, 5) is 20.0. The van der Waals surface area contributed by atoms with Crippen LogP contribution in [0, 0.1) is 11.8 Å². The summed E-state index contributed by atoms with van der Waals surface area (Å²) in [5.74, 6) is -1.12. The summed E-state index contributed by atoms with van der Waals surface area (Å²) in [5, 5.41) is 15.0. The Morgan fingerprint density at radius 3 is 1.25 bits per heavy atom. The van der Waals surface area contributed by atoms with Crippen LogP contribution in [-0.2, 0) is 14.3 Å². The van der Waals surface area contributed by atoms with Gasteiger partial charge in [-0.2, -0.15) is 0 Å². The fourth-order valence-corrected chi connectivity index (χ4v) is 0.236. The zero-order chi connectivity index (χ0) is 13.0. The lowest BCUT2D eigenvalue weighted by Crippen LogP contribution is -2.07. The van der Waals surface area contributed by atoms with Gasteiger partial charge in [0.2, 0.25) is 0 Å². The number of aliphatic hydroxyl groups is 1. The van der Waals surface area contributed by atoms with Crippen LogP contribution in [0.25, 0.3) is 0 Å². The monoisotopic (exact) mass is 240 g/mol. The van der Waals surface area contributed by atoms with E-state index in [0.717, 1.165) is 7.11 Å². The molecule has 0 saturated carbocycles. The summed E-state index contributed by atoms with van der Waals surface area (Å²) in [5.41, 5.74) is 0. The van der Waals surface area contributed by atoms with E-state index in [2.05, 4.69) is 4.74 Å². The lowest BCUT2D eigenvalue weighted by Gasteiger charge is -1.97. The van der Waals surface area contributed by atoms with E-state index in [4.69, 9.17) is 10.2 Å². The fraction of sp³-hybridized carbons (Fsp3) is 0.800. The van der Waals surface area contributed by atoms with Crippen molar-refractivity contribution in [2.75, 3.05) is 14.2 Å². The molecule has 0 aromatic carbocycles. The number of aliphatic hydroxyl groups excluding tert-OH is 1. The second kappa shape index (κ2) is 16.3. The minimum absolute atomic E-state index is 0. The van der Waals surface area contributed by atoms with E-state index >= 15 is 0 Å². The first-order valence-corrected chi connectivity index (χ1v) is 4.58. The molecule has 0 aliphatic carbocycles. The Labute approximate surface area is 96.5 Å². The summed E-state index contributed by atoms with van der Waals surface area (Å²) < 4.78 is 4.37. The molecule has 0 aliphatic rings. The topological polar surface area (TPSA) is 115 Å². The first kappa shape index (κ1) is 24.2. The maximum atomic E-state index is 10.3. The molecule has 16 heavy (non-hydrogen) atoms. The molecular weight excluding hydrogens is 216 g/mol. The van der Waals surface area contributed by atoms with Crippen molar-refractivity contribution in [1.82, 2.24) is 0 Å². The molecule has 0 atom stereocenters. The Hall–Kier alpha value is -1.14. The average Bonchev–Trinajstić information content (AvgIpc) is 2.20. The van der Waals surface area contributed by atoms with Crippen LogP contribution in [0.1, 0.15) is 27.7 Å². The normalized spacial score (nSPS) is 7.81. The van der Waals surface area contributed by atoms with Gasteiger partial charge in [-0.1, -0.05) is 27.7 Å². The molecule has 100 valence electrons. The SMILES string of the molecule is CC(C)C(=O)O.CO.COC(=O)C(C)C.O. The van der Waals surface area contributed by atoms with E-state index in [-0.39, 0.29) is 23.3 Å². The third kappa shape index (κ3) is 23.0. The smallest absolute Gasteiger partial charge is 0.308 e. The number of carboxylic acids is 1. The number of carbonyl (C=O) groups excluding carboxylic acids is 1. The van der Waals surface area contributed by atoms with Gasteiger partial charge in [0.15, 0.2) is 0 Å². The van der Waals surface area contributed by atoms with Gasteiger partial charge >= 0.3 is 11.9 Å². The second-order valence-electron chi connectivity index (χ2n) is 3.17. The minimum atomic E-state index is -0.741. The highest BCUT2D eigenvalue weighted by Crippen LogP contribution is 1.91. The summed E-state index contributed by atoms with van der Waals surface area (Å²) in [6, 6.07) is 0. The molecule has 0 spiro atoms. The van der Waals surface area contributed by atoms with Gasteiger partial charge in [-0.25, -0.2) is 0 Å². The van der Waals surface area contributed by atoms with E-state index in [1.54, 1.807) is 27.7 Å². The van der Waals surface area contributed by atoms with E-state index in [9.17, 15) is 9.59 Å². The molecule has 6 nitrogen and oxygen atoms in total. The largest absolute Gasteiger partial charge is 0.481 e. The van der Waals surface area contributed by atoms with Gasteiger partial charge in [-0.3, -0.25) is 9.59 Å². The zero-order valence-electron chi connectivity index (χ0n) is 10.8. The number of ether oxygens (including phenoxy) is 1. The van der Waals surface area contributed by atoms with Crippen molar-refractivity contribution in [3.05, 3.63) is 0 Å². The van der Waals surface area contributed by atoms with Gasteiger partial charge in [-0.15, -0.1) is 0 Å². The molecule has 0 bridgehead atoms. The van der Waals surface area contributed by atoms with Crippen molar-refractivity contribution in [2.45, 2.75) is 27.7 Å². The molecule has 0 amide bonds. The third-order valence-electron chi connectivity index (χ3n) is 1.17. The second-order valence-corrected chi connectivity index (χ2v) is 3.17. The highest BCUT2D eigenvalue weighted by atomic mass is 16.5. The van der Waals surface area contributed by atoms with Crippen LogP contribution in [0.4, 0.5) is 0 Å². The molecule has 0 heterocycles. The van der Waals surface area contributed by atoms with Gasteiger partial charge in [0, 0.05) is 7.11 Å². The molecule has 0 saturated heterocycles. The predicted molar refractivity (Wildman–Crippen MR) is 61.1 cm³/mol. The Bertz CT molecular complexity index is 165. The summed E-state index contributed by atoms with van der Waals surface area (Å²) >= 11 is 0. The zero-order valence-corrected chi connectivity index (χ0v) is 10.8. The maximum absolute atomic E-state index is 10.3. The van der Waals surface area contributed by atoms with Crippen LogP contribution in [0.2, 0.25) is 0 Å². The highest BCUT2D eigenvalue weighted by Gasteiger charge is 2.03. The molecule has 0 fully saturated rings. The Balaban J connectivity index is -0.0000000743. The predicted octanol–water partition coefficient (Wildman–Crippen LogP) is 0.326. The molecule has 0 unspecified atom stereocenters. The summed E-state index contributed by atoms with van der Waals surface area (Å²) in [6.07, 6.45) is 0. The van der Waals surface area contributed by atoms with Gasteiger partial charge in [0.1, 0.15) is 0 Å². The Kier molecular flexibility index (Phi) is 24.7. The fourth-order valence-electron chi connectivity index (χ4n) is 0.236. The third-order valence-corrected chi connectivity index (χ3v) is 1.17. The van der Waals surface area contributed by atoms with Crippen molar-refractivity contribution in [2.24, 2.45) is 11.8 Å². The molecule has 6 heteroatoms. The Morgan fingerprint density at radius 1 is 1.00 bits per heavy atom. The first-order chi connectivity index (χ1) is 6.82. The lowest BCUT2D eigenvalue weighted by atomic mass is 10.2. The number of carboxylic acid groups (broad SMARTS) is 1. The van der Waals surface area contributed by atoms with Crippen molar-refractivity contribution in [1.29, 1.82) is 0 Å². The minimum Gasteiger partial charge on any atom is -0.481 e. The number of methoxy groups -OCH3 is 1. The average molecular weight is 240 g/mol. The van der Waals surface area contributed by atoms with Crippen LogP contribution in [0.15, 0.2) is 0 Å². The first-order valence-electron chi connectivity index (χ1n) is 4.58. The van der Waals surface area contributed by atoms with Crippen LogP contribution in [0.5, 0.6) is 0 Å². The van der Waals surface area contributed by atoms with Gasteiger partial charge in [0.25, 0.3) is 0 Å². The lowest BCUT2D eigenvalue weighted by molar-refractivity contribution is -0.144. The van der Waals surface area contributed by atoms with Crippen molar-refractivity contribution >= 4 is 11.9 Å². The van der Waals surface area contributed by atoms with E-state index in [0.29, 0.717) is 0 Å². The molecule has 0 radical (unpaired) electrons. The number of aliphatic carboxylic acids is 1. The standard InChI is InChI=1S/C5H10O2.C4H8O2.CH4O.H2O/c1-4(2)5(6)7-3;1-3(2)4(5)6;1-2;/h4H,1-3H3;3H,1-2H3,(H,5,6);2H,1H3;1H2. The van der Waals surface area contributed by atoms with Crippen LogP contribution >= 0.6 is 0 Å². The van der Waals surface area contributed by atoms with Crippen molar-refractivity contribution in [3.63, 3.8) is 0 Å². The summed E-state index contributed by atoms with van der Waals surface area (Å²) in [7, 11) is 2.39. The van der Waals surface area contributed by atoms with E-state index < -0.39 is 5.97 Å². The molecule has 0 aliphatic heterocycles. The number of carbonyl (C=O) groups is 2. The van der Waals surface area contributed by atoms with Gasteiger partial charge in [-0.05, 0) is 0 Å². The molecule has 0 rings (SSSR count). The van der Waals surface area contributed by atoms with E-state index in [1.807, 2.05) is 0 Å².